The molecule has 0 amide bonds. The second-order valence-electron chi connectivity index (χ2n) is 28.1. The minimum Gasteiger partial charge on any atom is -0.405 e. The van der Waals surface area contributed by atoms with Gasteiger partial charge < -0.3 is 37.1 Å². The van der Waals surface area contributed by atoms with E-state index in [1.807, 2.05) is 79.7 Å². The molecule has 0 bridgehead atoms. The molecular weight excluding hydrogens is 1180 g/mol. The van der Waals surface area contributed by atoms with Gasteiger partial charge in [0.2, 0.25) is 0 Å². The van der Waals surface area contributed by atoms with Gasteiger partial charge in [0, 0.05) is 70.6 Å². The average Bonchev–Trinajstić information content (AvgIpc) is 1.50. The van der Waals surface area contributed by atoms with Crippen molar-refractivity contribution in [1.29, 1.82) is 0 Å². The number of pyridine rings is 2. The molecule has 0 aliphatic carbocycles. The molecule has 0 atom stereocenters. The highest BCUT2D eigenvalue weighted by Gasteiger charge is 2.64. The highest BCUT2D eigenvalue weighted by Crippen LogP contribution is 2.45. The summed E-state index contributed by atoms with van der Waals surface area (Å²) in [5.41, 5.74) is 11.8. The van der Waals surface area contributed by atoms with E-state index in [0.717, 1.165) is 121 Å². The zero-order valence-corrected chi connectivity index (χ0v) is 56.0. The maximum Gasteiger partial charge on any atom is 0.494 e. The van der Waals surface area contributed by atoms with Gasteiger partial charge in [-0.3, -0.25) is 0 Å². The molecular formula is C80H74B3ClN4O6. The summed E-state index contributed by atoms with van der Waals surface area (Å²) in [5.74, 6) is 0. The molecule has 14 heteroatoms. The molecule has 3 fully saturated rings. The zero-order chi connectivity index (χ0) is 65.3. The van der Waals surface area contributed by atoms with Crippen LogP contribution in [0.4, 0.5) is 0 Å². The van der Waals surface area contributed by atoms with Crippen LogP contribution in [0.25, 0.3) is 121 Å². The van der Waals surface area contributed by atoms with Crippen LogP contribution < -0.4 is 5.46 Å². The van der Waals surface area contributed by atoms with Gasteiger partial charge in [-0.25, -0.2) is 9.97 Å². The van der Waals surface area contributed by atoms with E-state index in [2.05, 4.69) is 243 Å². The Balaban J connectivity index is 0.000000125. The summed E-state index contributed by atoms with van der Waals surface area (Å²) >= 11 is 6.45. The lowest BCUT2D eigenvalue weighted by molar-refractivity contribution is 0.00578. The summed E-state index contributed by atoms with van der Waals surface area (Å²) in [7, 11) is -1.38. The fourth-order valence-corrected chi connectivity index (χ4v) is 13.6. The number of halogens is 1. The maximum absolute atomic E-state index is 6.45. The first-order valence-corrected chi connectivity index (χ1v) is 32.9. The van der Waals surface area contributed by atoms with Crippen LogP contribution in [0.2, 0.25) is 5.02 Å². The number of aromatic nitrogens is 4. The van der Waals surface area contributed by atoms with Gasteiger partial charge >= 0.3 is 21.1 Å². The van der Waals surface area contributed by atoms with E-state index < -0.39 is 32.3 Å². The summed E-state index contributed by atoms with van der Waals surface area (Å²) in [4.78, 5) is 10.5. The normalized spacial score (nSPS) is 17.6. The third-order valence-corrected chi connectivity index (χ3v) is 20.8. The molecule has 94 heavy (non-hydrogen) atoms. The van der Waals surface area contributed by atoms with E-state index in [-0.39, 0.29) is 22.4 Å². The Morgan fingerprint density at radius 2 is 0.628 bits per heavy atom. The lowest BCUT2D eigenvalue weighted by atomic mass is 9.49. The van der Waals surface area contributed by atoms with Gasteiger partial charge in [0.05, 0.1) is 78.1 Å². The zero-order valence-electron chi connectivity index (χ0n) is 55.3. The van der Waals surface area contributed by atoms with Crippen LogP contribution in [0, 0.1) is 0 Å². The first-order chi connectivity index (χ1) is 45.0. The number of hydrogen-bond acceptors (Lipinski definition) is 8. The fourth-order valence-electron chi connectivity index (χ4n) is 13.4. The van der Waals surface area contributed by atoms with E-state index in [9.17, 15) is 0 Å². The molecule has 0 spiro atoms. The van der Waals surface area contributed by atoms with Crippen molar-refractivity contribution in [3.8, 4) is 33.9 Å². The van der Waals surface area contributed by atoms with E-state index in [1.54, 1.807) is 0 Å². The van der Waals surface area contributed by atoms with Crippen molar-refractivity contribution in [2.75, 3.05) is 0 Å². The first-order valence-electron chi connectivity index (χ1n) is 32.5. The summed E-state index contributed by atoms with van der Waals surface area (Å²) in [6, 6.07) is 80.9. The molecule has 3 saturated heterocycles. The van der Waals surface area contributed by atoms with Crippen molar-refractivity contribution in [2.24, 2.45) is 0 Å². The molecule has 17 rings (SSSR count). The van der Waals surface area contributed by atoms with Crippen molar-refractivity contribution in [2.45, 2.75) is 117 Å². The van der Waals surface area contributed by atoms with Crippen LogP contribution in [0.1, 0.15) is 83.1 Å². The predicted octanol–water partition coefficient (Wildman–Crippen LogP) is 19.5. The number of fused-ring (bicyclic) bond motifs is 12. The number of rotatable bonds is 6. The minimum absolute atomic E-state index is 0.360. The Bertz CT molecular complexity index is 5190. The quantitative estimate of drug-likeness (QED) is 0.120. The highest BCUT2D eigenvalue weighted by atomic mass is 35.5. The van der Waals surface area contributed by atoms with Crippen LogP contribution in [0.3, 0.4) is 0 Å². The molecule has 0 unspecified atom stereocenters. The number of benzene rings is 10. The summed E-state index contributed by atoms with van der Waals surface area (Å²) in [6.07, 6.45) is 0. The van der Waals surface area contributed by atoms with Gasteiger partial charge in [0.1, 0.15) is 0 Å². The number of nitrogens with zero attached hydrogens (tertiary/aromatic N) is 4. The van der Waals surface area contributed by atoms with Gasteiger partial charge in [-0.1, -0.05) is 169 Å². The maximum atomic E-state index is 6.45. The molecule has 7 heterocycles. The van der Waals surface area contributed by atoms with Crippen LogP contribution in [0.15, 0.2) is 231 Å². The van der Waals surface area contributed by atoms with Crippen LogP contribution >= 0.6 is 11.6 Å². The van der Waals surface area contributed by atoms with Crippen LogP contribution in [-0.4, -0.2) is 73.8 Å². The molecule has 3 aliphatic rings. The van der Waals surface area contributed by atoms with Gasteiger partial charge in [-0.2, -0.15) is 0 Å². The fraction of sp³-hybridized carbons (Fsp3) is 0.225. The standard InChI is InChI=1S/C37H31BN2O2.C31H19ClN2.C12H24B2O4/c1-36(2)37(3,4)42-38(41-36)25-19-20-33-30(21-25)31-22-32-29(23-34(31)40(33)26-15-9-6-10-16-26)27-17-11-12-18-28(27)35(39-32)24-13-7-5-8-14-24;32-21-15-16-29-26(17-21)27-18-28-25(19-30(27)34(29)22-11-5-2-6-12-22)23-13-7-8-14-24(23)31(33-28)20-9-3-1-4-10-20;1-9(2)10(3,4)16-13(15-9)14-17-11(5,6)12(7,8)18-14/h5-23H,1-4H3;1-19H;1-8H3. The summed E-state index contributed by atoms with van der Waals surface area (Å²) < 4.78 is 41.4. The SMILES string of the molecule is CC1(C)OB(B2OC(C)(C)C(C)(C)O2)OC1(C)C.CC1(C)OB(c2ccc3c(c2)c2cc4nc(-c5ccccc5)c5ccccc5c4cc2n3-c2ccccc2)OC1(C)C.Clc1ccc2c(c1)c1cc3nc(-c4ccccc4)c4ccccc4c3cc1n2-c1ccccc1. The Morgan fingerprint density at radius 3 is 1.03 bits per heavy atom. The van der Waals surface area contributed by atoms with Gasteiger partial charge in [0.15, 0.2) is 0 Å². The topological polar surface area (TPSA) is 91.0 Å². The van der Waals surface area contributed by atoms with Crippen molar-refractivity contribution < 1.29 is 27.9 Å². The number of para-hydroxylation sites is 2. The Labute approximate surface area is 555 Å². The van der Waals surface area contributed by atoms with E-state index in [1.165, 1.54) is 10.8 Å². The third kappa shape index (κ3) is 10.5. The second-order valence-corrected chi connectivity index (χ2v) is 28.6. The van der Waals surface area contributed by atoms with Crippen molar-refractivity contribution >= 4 is 125 Å². The van der Waals surface area contributed by atoms with E-state index in [4.69, 9.17) is 49.5 Å². The molecule has 4 aromatic heterocycles. The predicted molar refractivity (Wildman–Crippen MR) is 391 cm³/mol. The first kappa shape index (κ1) is 61.6. The molecule has 0 radical (unpaired) electrons. The Morgan fingerprint density at radius 1 is 0.298 bits per heavy atom. The summed E-state index contributed by atoms with van der Waals surface area (Å²) in [5, 5.41) is 12.3. The van der Waals surface area contributed by atoms with E-state index >= 15 is 0 Å². The van der Waals surface area contributed by atoms with Crippen molar-refractivity contribution in [1.82, 2.24) is 19.1 Å². The Hall–Kier alpha value is -8.62. The largest absolute Gasteiger partial charge is 0.494 e. The molecule has 3 aliphatic heterocycles. The molecule has 10 nitrogen and oxygen atoms in total. The third-order valence-electron chi connectivity index (χ3n) is 20.6. The van der Waals surface area contributed by atoms with Crippen LogP contribution in [-0.2, 0) is 27.9 Å². The van der Waals surface area contributed by atoms with Gasteiger partial charge in [-0.15, -0.1) is 0 Å². The van der Waals surface area contributed by atoms with Crippen molar-refractivity contribution in [3.63, 3.8) is 0 Å². The lowest BCUT2D eigenvalue weighted by Crippen LogP contribution is -2.41. The molecule has 14 aromatic rings. The molecule has 0 N–H and O–H groups in total. The van der Waals surface area contributed by atoms with Crippen molar-refractivity contribution in [3.05, 3.63) is 236 Å². The smallest absolute Gasteiger partial charge is 0.405 e. The monoisotopic (exact) mass is 1250 g/mol. The lowest BCUT2D eigenvalue weighted by Gasteiger charge is -2.32. The Kier molecular flexibility index (Phi) is 14.9. The second kappa shape index (κ2) is 22.8. The average molecular weight is 1260 g/mol. The molecule has 466 valence electrons. The van der Waals surface area contributed by atoms with E-state index in [0.29, 0.717) is 0 Å². The summed E-state index contributed by atoms with van der Waals surface area (Å²) in [6.45, 7) is 24.6. The minimum atomic E-state index is -0.476. The van der Waals surface area contributed by atoms with Gasteiger partial charge in [-0.05, 0) is 172 Å². The molecule has 0 saturated carbocycles. The molecule has 10 aromatic carbocycles. The van der Waals surface area contributed by atoms with Crippen LogP contribution in [0.5, 0.6) is 0 Å². The van der Waals surface area contributed by atoms with Gasteiger partial charge in [0.25, 0.3) is 0 Å². The highest BCUT2D eigenvalue weighted by molar-refractivity contribution is 7.11. The number of hydrogen-bond donors (Lipinski definition) is 0.